The van der Waals surface area contributed by atoms with Gasteiger partial charge in [0.15, 0.2) is 0 Å². The Kier molecular flexibility index (Phi) is 6.91. The number of nitrogens with zero attached hydrogens (tertiary/aromatic N) is 2. The first-order valence-corrected chi connectivity index (χ1v) is 10.6. The molecule has 3 rings (SSSR count). The van der Waals surface area contributed by atoms with E-state index in [9.17, 15) is 18.0 Å². The smallest absolute Gasteiger partial charge is 0.309 e. The molecule has 2 N–H and O–H groups in total. The highest BCUT2D eigenvalue weighted by atomic mass is 32.2. The molecule has 2 aromatic rings. The van der Waals surface area contributed by atoms with Crippen molar-refractivity contribution in [3.05, 3.63) is 60.4 Å². The lowest BCUT2D eigenvalue weighted by Gasteiger charge is -2.34. The van der Waals surface area contributed by atoms with Crippen LogP contribution in [0.4, 0.5) is 0 Å². The van der Waals surface area contributed by atoms with Gasteiger partial charge in [0.1, 0.15) is 6.23 Å². The Balaban J connectivity index is 1.57. The zero-order valence-corrected chi connectivity index (χ0v) is 16.5. The van der Waals surface area contributed by atoms with Crippen LogP contribution < -0.4 is 10.6 Å². The van der Waals surface area contributed by atoms with Gasteiger partial charge in [0.2, 0.25) is 10.0 Å². The molecule has 0 saturated carbocycles. The van der Waals surface area contributed by atoms with Crippen molar-refractivity contribution < 1.29 is 22.7 Å². The Morgan fingerprint density at radius 3 is 2.48 bits per heavy atom. The number of hydrogen-bond donors (Lipinski definition) is 2. The molecule has 2 heterocycles. The molecule has 1 aromatic heterocycles. The predicted molar refractivity (Wildman–Crippen MR) is 104 cm³/mol. The summed E-state index contributed by atoms with van der Waals surface area (Å²) >= 11 is 0. The summed E-state index contributed by atoms with van der Waals surface area (Å²) in [7, 11) is -3.78. The molecular formula is C19H22N4O5S. The van der Waals surface area contributed by atoms with Gasteiger partial charge in [-0.2, -0.15) is 4.31 Å². The highest BCUT2D eigenvalue weighted by molar-refractivity contribution is 7.89. The molecule has 1 atom stereocenters. The molecule has 29 heavy (non-hydrogen) atoms. The number of benzene rings is 1. The average molecular weight is 418 g/mol. The fourth-order valence-corrected chi connectivity index (χ4v) is 4.44. The van der Waals surface area contributed by atoms with Crippen molar-refractivity contribution in [2.45, 2.75) is 24.1 Å². The first-order chi connectivity index (χ1) is 14.0. The molecule has 1 fully saturated rings. The molecule has 154 valence electrons. The monoisotopic (exact) mass is 418 g/mol. The van der Waals surface area contributed by atoms with E-state index in [1.54, 1.807) is 42.7 Å². The van der Waals surface area contributed by atoms with Gasteiger partial charge in [-0.05, 0) is 36.2 Å². The van der Waals surface area contributed by atoms with Crippen molar-refractivity contribution in [1.29, 1.82) is 0 Å². The van der Waals surface area contributed by atoms with E-state index in [2.05, 4.69) is 15.6 Å². The van der Waals surface area contributed by atoms with E-state index < -0.39 is 28.1 Å². The molecule has 2 amide bonds. The van der Waals surface area contributed by atoms with Crippen LogP contribution in [0.25, 0.3) is 0 Å². The Labute approximate surface area is 169 Å². The van der Waals surface area contributed by atoms with Crippen LogP contribution in [0.1, 0.15) is 12.0 Å². The van der Waals surface area contributed by atoms with Crippen LogP contribution in [0, 0.1) is 0 Å². The normalized spacial score (nSPS) is 17.4. The van der Waals surface area contributed by atoms with Gasteiger partial charge in [-0.3, -0.25) is 14.6 Å². The van der Waals surface area contributed by atoms with Gasteiger partial charge in [-0.15, -0.1) is 0 Å². The van der Waals surface area contributed by atoms with Crippen LogP contribution in [0.5, 0.6) is 0 Å². The molecule has 1 aliphatic rings. The second-order valence-corrected chi connectivity index (χ2v) is 8.25. The van der Waals surface area contributed by atoms with E-state index in [0.717, 1.165) is 5.56 Å². The van der Waals surface area contributed by atoms with Gasteiger partial charge in [0, 0.05) is 25.5 Å². The number of sulfonamides is 1. The molecule has 0 aliphatic carbocycles. The molecule has 0 bridgehead atoms. The molecule has 1 aliphatic heterocycles. The van der Waals surface area contributed by atoms with Crippen LogP contribution >= 0.6 is 0 Å². The van der Waals surface area contributed by atoms with Gasteiger partial charge in [-0.1, -0.05) is 18.2 Å². The maximum absolute atomic E-state index is 12.9. The van der Waals surface area contributed by atoms with Gasteiger partial charge in [-0.25, -0.2) is 8.42 Å². The first kappa shape index (κ1) is 20.9. The fraction of sp³-hybridized carbons (Fsp3) is 0.316. The van der Waals surface area contributed by atoms with E-state index in [0.29, 0.717) is 13.0 Å². The lowest BCUT2D eigenvalue weighted by atomic mass is 10.3. The van der Waals surface area contributed by atoms with Crippen LogP contribution in [-0.4, -0.2) is 55.4 Å². The summed E-state index contributed by atoms with van der Waals surface area (Å²) in [4.78, 5) is 28.1. The van der Waals surface area contributed by atoms with Crippen LogP contribution in [-0.2, 0) is 30.9 Å². The number of nitrogens with one attached hydrogen (secondary N) is 2. The molecule has 0 spiro atoms. The van der Waals surface area contributed by atoms with Crippen LogP contribution in [0.2, 0.25) is 0 Å². The highest BCUT2D eigenvalue weighted by Crippen LogP contribution is 2.21. The van der Waals surface area contributed by atoms with Gasteiger partial charge in [0.25, 0.3) is 0 Å². The third kappa shape index (κ3) is 5.37. The Hall–Kier alpha value is -2.82. The molecule has 1 saturated heterocycles. The third-order valence-electron chi connectivity index (χ3n) is 4.35. The topological polar surface area (TPSA) is 118 Å². The number of hydrogen-bond acceptors (Lipinski definition) is 6. The van der Waals surface area contributed by atoms with E-state index in [1.165, 1.54) is 16.4 Å². The summed E-state index contributed by atoms with van der Waals surface area (Å²) in [6.07, 6.45) is 2.84. The zero-order chi connectivity index (χ0) is 20.7. The molecule has 9 nitrogen and oxygen atoms in total. The number of rotatable bonds is 6. The second kappa shape index (κ2) is 9.59. The van der Waals surface area contributed by atoms with Gasteiger partial charge in [0.05, 0.1) is 18.0 Å². The van der Waals surface area contributed by atoms with Gasteiger partial charge < -0.3 is 15.4 Å². The van der Waals surface area contributed by atoms with E-state index in [1.807, 2.05) is 0 Å². The molecule has 0 unspecified atom stereocenters. The minimum atomic E-state index is -3.78. The lowest BCUT2D eigenvalue weighted by molar-refractivity contribution is -0.140. The average Bonchev–Trinajstić information content (AvgIpc) is 2.77. The number of ether oxygens (including phenoxy) is 1. The lowest BCUT2D eigenvalue weighted by Crippen LogP contribution is -2.53. The maximum atomic E-state index is 12.9. The van der Waals surface area contributed by atoms with Crippen molar-refractivity contribution in [3.63, 3.8) is 0 Å². The fourth-order valence-electron chi connectivity index (χ4n) is 2.85. The summed E-state index contributed by atoms with van der Waals surface area (Å²) in [5.74, 6) is -1.67. The quantitative estimate of drug-likeness (QED) is 0.650. The summed E-state index contributed by atoms with van der Waals surface area (Å²) in [5, 5.41) is 4.95. The maximum Gasteiger partial charge on any atom is 0.309 e. The van der Waals surface area contributed by atoms with Crippen LogP contribution in [0.3, 0.4) is 0 Å². The minimum absolute atomic E-state index is 0.131. The predicted octanol–water partition coefficient (Wildman–Crippen LogP) is 0.251. The van der Waals surface area contributed by atoms with Crippen molar-refractivity contribution in [2.75, 3.05) is 19.7 Å². The number of amides is 2. The molecule has 0 radical (unpaired) electrons. The van der Waals surface area contributed by atoms with Gasteiger partial charge >= 0.3 is 11.8 Å². The summed E-state index contributed by atoms with van der Waals surface area (Å²) in [5.41, 5.74) is 0.803. The number of pyridine rings is 1. The zero-order valence-electron chi connectivity index (χ0n) is 15.7. The SMILES string of the molecule is O=C(NCc1ccncc1)C(=O)NC[C@H]1OCCCN1S(=O)(=O)c1ccccc1. The molecule has 10 heteroatoms. The summed E-state index contributed by atoms with van der Waals surface area (Å²) in [6.45, 7) is 0.693. The largest absolute Gasteiger partial charge is 0.360 e. The standard InChI is InChI=1S/C19H22N4O5S/c24-18(21-13-15-7-9-20-10-8-15)19(25)22-14-17-23(11-4-12-28-17)29(26,27)16-5-2-1-3-6-16/h1-3,5-10,17H,4,11-14H2,(H,21,24)(H,22,25)/t17-/m1/s1. The summed E-state index contributed by atoms with van der Waals surface area (Å²) < 4.78 is 32.5. The van der Waals surface area contributed by atoms with Crippen LogP contribution in [0.15, 0.2) is 59.8 Å². The molecule has 1 aromatic carbocycles. The van der Waals surface area contributed by atoms with Crippen molar-refractivity contribution in [1.82, 2.24) is 19.9 Å². The Morgan fingerprint density at radius 2 is 1.76 bits per heavy atom. The highest BCUT2D eigenvalue weighted by Gasteiger charge is 2.34. The van der Waals surface area contributed by atoms with Crippen molar-refractivity contribution in [2.24, 2.45) is 0 Å². The number of carbonyl (C=O) groups excluding carboxylic acids is 2. The van der Waals surface area contributed by atoms with E-state index >= 15 is 0 Å². The Morgan fingerprint density at radius 1 is 1.07 bits per heavy atom. The first-order valence-electron chi connectivity index (χ1n) is 9.12. The number of aromatic nitrogens is 1. The van der Waals surface area contributed by atoms with E-state index in [-0.39, 0.29) is 24.5 Å². The van der Waals surface area contributed by atoms with Crippen molar-refractivity contribution in [3.8, 4) is 0 Å². The minimum Gasteiger partial charge on any atom is -0.360 e. The third-order valence-corrected chi connectivity index (χ3v) is 6.25. The van der Waals surface area contributed by atoms with Crippen molar-refractivity contribution >= 4 is 21.8 Å². The van der Waals surface area contributed by atoms with E-state index in [4.69, 9.17) is 4.74 Å². The number of carbonyl (C=O) groups is 2. The Bertz CT molecular complexity index is 938. The second-order valence-electron chi connectivity index (χ2n) is 6.36. The molecular weight excluding hydrogens is 396 g/mol. The summed E-state index contributed by atoms with van der Waals surface area (Å²) in [6, 6.07) is 11.5.